The molecule has 0 aromatic heterocycles. The van der Waals surface area contributed by atoms with E-state index >= 15 is 0 Å². The molecule has 7 nitrogen and oxygen atoms in total. The van der Waals surface area contributed by atoms with E-state index in [9.17, 15) is 9.59 Å². The number of rotatable bonds is 12. The lowest BCUT2D eigenvalue weighted by molar-refractivity contribution is 0.0933. The first-order valence-electron chi connectivity index (χ1n) is 11.8. The molecule has 184 valence electrons. The standard InChI is InChI=1S/C26H35N3O4S/c1-4-5-6-9-17-33-23-11-8-7-10-22(23)25(31)27-26(34)29-28-24(30)20-12-14-21(15-13-20)32-18-16-19(2)3/h7-8,10-15,19H,4-6,9,16-18H2,1-3H3,(H,28,30)(H2,27,29,31,34). The fourth-order valence-corrected chi connectivity index (χ4v) is 3.14. The molecule has 34 heavy (non-hydrogen) atoms. The van der Waals surface area contributed by atoms with E-state index in [0.717, 1.165) is 32.1 Å². The van der Waals surface area contributed by atoms with Crippen LogP contribution in [0.5, 0.6) is 11.5 Å². The highest BCUT2D eigenvalue weighted by Gasteiger charge is 2.14. The number of carbonyl (C=O) groups is 2. The fourth-order valence-electron chi connectivity index (χ4n) is 2.99. The molecular weight excluding hydrogens is 450 g/mol. The molecule has 2 amide bonds. The number of nitrogens with one attached hydrogen (secondary N) is 3. The van der Waals surface area contributed by atoms with E-state index in [4.69, 9.17) is 21.7 Å². The van der Waals surface area contributed by atoms with Gasteiger partial charge < -0.3 is 9.47 Å². The molecule has 2 aromatic carbocycles. The Kier molecular flexibility index (Phi) is 11.9. The van der Waals surface area contributed by atoms with Crippen molar-refractivity contribution in [2.24, 2.45) is 5.92 Å². The summed E-state index contributed by atoms with van der Waals surface area (Å²) in [6.07, 6.45) is 5.30. The SMILES string of the molecule is CCCCCCOc1ccccc1C(=O)NC(=S)NNC(=O)c1ccc(OCCC(C)C)cc1. The van der Waals surface area contributed by atoms with Gasteiger partial charge in [0.15, 0.2) is 5.11 Å². The van der Waals surface area contributed by atoms with Gasteiger partial charge in [0.2, 0.25) is 0 Å². The first-order chi connectivity index (χ1) is 16.4. The Morgan fingerprint density at radius 2 is 1.62 bits per heavy atom. The van der Waals surface area contributed by atoms with Gasteiger partial charge in [-0.2, -0.15) is 0 Å². The van der Waals surface area contributed by atoms with Crippen molar-refractivity contribution in [3.63, 3.8) is 0 Å². The van der Waals surface area contributed by atoms with Crippen molar-refractivity contribution in [2.75, 3.05) is 13.2 Å². The average Bonchev–Trinajstić information content (AvgIpc) is 2.83. The number of hydrazine groups is 1. The van der Waals surface area contributed by atoms with Crippen LogP contribution in [0.3, 0.4) is 0 Å². The van der Waals surface area contributed by atoms with Gasteiger partial charge in [0.1, 0.15) is 11.5 Å². The summed E-state index contributed by atoms with van der Waals surface area (Å²) in [7, 11) is 0. The minimum atomic E-state index is -0.418. The summed E-state index contributed by atoms with van der Waals surface area (Å²) in [4.78, 5) is 25.0. The Hall–Kier alpha value is -3.13. The van der Waals surface area contributed by atoms with Crippen LogP contribution in [0.4, 0.5) is 0 Å². The van der Waals surface area contributed by atoms with Crippen molar-refractivity contribution in [3.05, 3.63) is 59.7 Å². The number of thiocarbonyl (C=S) groups is 1. The second-order valence-corrected chi connectivity index (χ2v) is 8.73. The average molecular weight is 486 g/mol. The lowest BCUT2D eigenvalue weighted by atomic mass is 10.1. The Morgan fingerprint density at radius 1 is 0.882 bits per heavy atom. The topological polar surface area (TPSA) is 88.7 Å². The lowest BCUT2D eigenvalue weighted by Crippen LogP contribution is -2.48. The van der Waals surface area contributed by atoms with E-state index < -0.39 is 5.91 Å². The molecule has 0 atom stereocenters. The molecule has 0 saturated carbocycles. The molecule has 0 saturated heterocycles. The van der Waals surface area contributed by atoms with Gasteiger partial charge in [0, 0.05) is 5.56 Å². The zero-order valence-corrected chi connectivity index (χ0v) is 21.0. The van der Waals surface area contributed by atoms with E-state index in [1.165, 1.54) is 0 Å². The molecule has 2 rings (SSSR count). The number of ether oxygens (including phenoxy) is 2. The number of amides is 2. The predicted octanol–water partition coefficient (Wildman–Crippen LogP) is 5.02. The van der Waals surface area contributed by atoms with E-state index in [2.05, 4.69) is 36.9 Å². The molecule has 0 heterocycles. The van der Waals surface area contributed by atoms with Gasteiger partial charge in [-0.25, -0.2) is 0 Å². The van der Waals surface area contributed by atoms with Crippen molar-refractivity contribution in [2.45, 2.75) is 52.9 Å². The van der Waals surface area contributed by atoms with Crippen LogP contribution in [0.1, 0.15) is 73.6 Å². The number of carbonyl (C=O) groups excluding carboxylic acids is 2. The second kappa shape index (κ2) is 14.9. The summed E-state index contributed by atoms with van der Waals surface area (Å²) in [6, 6.07) is 13.8. The number of para-hydroxylation sites is 1. The van der Waals surface area contributed by atoms with Crippen LogP contribution in [0.25, 0.3) is 0 Å². The molecular formula is C26H35N3O4S. The summed E-state index contributed by atoms with van der Waals surface area (Å²) < 4.78 is 11.4. The molecule has 0 radical (unpaired) electrons. The van der Waals surface area contributed by atoms with Gasteiger partial charge >= 0.3 is 0 Å². The van der Waals surface area contributed by atoms with Gasteiger partial charge in [-0.15, -0.1) is 0 Å². The molecule has 0 aliphatic heterocycles. The maximum Gasteiger partial charge on any atom is 0.269 e. The third kappa shape index (κ3) is 9.79. The second-order valence-electron chi connectivity index (χ2n) is 8.32. The van der Waals surface area contributed by atoms with Gasteiger partial charge in [-0.3, -0.25) is 25.8 Å². The van der Waals surface area contributed by atoms with Crippen molar-refractivity contribution in [3.8, 4) is 11.5 Å². The quantitative estimate of drug-likeness (QED) is 0.222. The van der Waals surface area contributed by atoms with E-state index in [0.29, 0.717) is 41.8 Å². The highest BCUT2D eigenvalue weighted by Crippen LogP contribution is 2.18. The molecule has 0 spiro atoms. The van der Waals surface area contributed by atoms with Gasteiger partial charge in [0.25, 0.3) is 11.8 Å². The van der Waals surface area contributed by atoms with Crippen molar-refractivity contribution in [1.29, 1.82) is 0 Å². The van der Waals surface area contributed by atoms with Crippen molar-refractivity contribution in [1.82, 2.24) is 16.2 Å². The molecule has 0 aliphatic carbocycles. The third-order valence-corrected chi connectivity index (χ3v) is 5.19. The number of benzene rings is 2. The summed E-state index contributed by atoms with van der Waals surface area (Å²) in [5.41, 5.74) is 5.85. The van der Waals surface area contributed by atoms with Crippen LogP contribution in [0.2, 0.25) is 0 Å². The van der Waals surface area contributed by atoms with Gasteiger partial charge in [0.05, 0.1) is 18.8 Å². The van der Waals surface area contributed by atoms with Crippen LogP contribution in [0, 0.1) is 5.92 Å². The summed E-state index contributed by atoms with van der Waals surface area (Å²) in [5, 5.41) is 2.54. The van der Waals surface area contributed by atoms with E-state index in [1.807, 2.05) is 6.07 Å². The molecule has 0 unspecified atom stereocenters. The lowest BCUT2D eigenvalue weighted by Gasteiger charge is -2.14. The normalized spacial score (nSPS) is 10.5. The molecule has 0 aliphatic rings. The summed E-state index contributed by atoms with van der Waals surface area (Å²) in [5.74, 6) is 0.968. The fraction of sp³-hybridized carbons (Fsp3) is 0.423. The highest BCUT2D eigenvalue weighted by molar-refractivity contribution is 7.80. The van der Waals surface area contributed by atoms with Crippen molar-refractivity contribution < 1.29 is 19.1 Å². The van der Waals surface area contributed by atoms with E-state index in [-0.39, 0.29) is 11.0 Å². The zero-order valence-electron chi connectivity index (χ0n) is 20.2. The smallest absolute Gasteiger partial charge is 0.269 e. The van der Waals surface area contributed by atoms with Crippen LogP contribution >= 0.6 is 12.2 Å². The minimum Gasteiger partial charge on any atom is -0.494 e. The van der Waals surface area contributed by atoms with Gasteiger partial charge in [-0.05, 0) is 67.4 Å². The van der Waals surface area contributed by atoms with Crippen molar-refractivity contribution >= 4 is 29.1 Å². The predicted molar refractivity (Wildman–Crippen MR) is 138 cm³/mol. The van der Waals surface area contributed by atoms with Gasteiger partial charge in [-0.1, -0.05) is 52.2 Å². The Morgan fingerprint density at radius 3 is 2.32 bits per heavy atom. The maximum absolute atomic E-state index is 12.6. The molecule has 2 aromatic rings. The molecule has 8 heteroatoms. The first-order valence-corrected chi connectivity index (χ1v) is 12.2. The molecule has 3 N–H and O–H groups in total. The Balaban J connectivity index is 1.80. The third-order valence-electron chi connectivity index (χ3n) is 4.98. The molecule has 0 fully saturated rings. The maximum atomic E-state index is 12.6. The van der Waals surface area contributed by atoms with Crippen LogP contribution in [-0.4, -0.2) is 30.1 Å². The van der Waals surface area contributed by atoms with Crippen LogP contribution in [-0.2, 0) is 0 Å². The summed E-state index contributed by atoms with van der Waals surface area (Å²) in [6.45, 7) is 7.61. The number of hydrogen-bond donors (Lipinski definition) is 3. The van der Waals surface area contributed by atoms with Crippen LogP contribution < -0.4 is 25.6 Å². The zero-order chi connectivity index (χ0) is 24.8. The largest absolute Gasteiger partial charge is 0.494 e. The number of hydrogen-bond acceptors (Lipinski definition) is 5. The Labute approximate surface area is 207 Å². The van der Waals surface area contributed by atoms with E-state index in [1.54, 1.807) is 42.5 Å². The monoisotopic (exact) mass is 485 g/mol. The first kappa shape index (κ1) is 27.1. The highest BCUT2D eigenvalue weighted by atomic mass is 32.1. The molecule has 0 bridgehead atoms. The summed E-state index contributed by atoms with van der Waals surface area (Å²) >= 11 is 5.15. The number of unbranched alkanes of at least 4 members (excludes halogenated alkanes) is 3. The Bertz CT molecular complexity index is 932. The van der Waals surface area contributed by atoms with Crippen LogP contribution in [0.15, 0.2) is 48.5 Å². The minimum absolute atomic E-state index is 0.0234.